The van der Waals surface area contributed by atoms with Crippen LogP contribution in [-0.4, -0.2) is 17.1 Å². The zero-order chi connectivity index (χ0) is 21.1. The molecule has 6 rings (SSSR count). The van der Waals surface area contributed by atoms with Crippen molar-refractivity contribution in [2.45, 2.75) is 25.1 Å². The van der Waals surface area contributed by atoms with Crippen LogP contribution in [0.15, 0.2) is 58.3 Å². The zero-order valence-corrected chi connectivity index (χ0v) is 17.2. The van der Waals surface area contributed by atoms with Crippen molar-refractivity contribution in [1.82, 2.24) is 4.57 Å². The van der Waals surface area contributed by atoms with Crippen molar-refractivity contribution < 1.29 is 13.9 Å². The Morgan fingerprint density at radius 3 is 2.77 bits per heavy atom. The second-order valence-electron chi connectivity index (χ2n) is 7.96. The van der Waals surface area contributed by atoms with Crippen LogP contribution >= 0.6 is 11.3 Å². The van der Waals surface area contributed by atoms with E-state index in [1.54, 1.807) is 16.7 Å². The fourth-order valence-electron chi connectivity index (χ4n) is 4.76. The highest BCUT2D eigenvalue weighted by Gasteiger charge is 2.40. The number of carbonyl (C=O) groups excluding carboxylic acids is 1. The van der Waals surface area contributed by atoms with Crippen LogP contribution in [0.3, 0.4) is 0 Å². The number of amides is 1. The lowest BCUT2D eigenvalue weighted by Gasteiger charge is -2.38. The van der Waals surface area contributed by atoms with Crippen molar-refractivity contribution in [3.8, 4) is 0 Å². The highest BCUT2D eigenvalue weighted by atomic mass is 32.1. The van der Waals surface area contributed by atoms with E-state index in [0.29, 0.717) is 27.2 Å². The first-order valence-corrected chi connectivity index (χ1v) is 11.0. The van der Waals surface area contributed by atoms with Crippen molar-refractivity contribution in [3.63, 3.8) is 0 Å². The van der Waals surface area contributed by atoms with Crippen LogP contribution in [0.2, 0.25) is 0 Å². The van der Waals surface area contributed by atoms with E-state index in [1.807, 2.05) is 24.3 Å². The summed E-state index contributed by atoms with van der Waals surface area (Å²) >= 11 is 1.22. The molecule has 1 fully saturated rings. The monoisotopic (exact) mass is 435 g/mol. The predicted octanol–water partition coefficient (Wildman–Crippen LogP) is 2.50. The van der Waals surface area contributed by atoms with Gasteiger partial charge in [-0.15, -0.1) is 0 Å². The number of thiazole rings is 1. The van der Waals surface area contributed by atoms with Crippen LogP contribution < -0.4 is 20.2 Å². The molecule has 3 atom stereocenters. The van der Waals surface area contributed by atoms with Gasteiger partial charge in [-0.3, -0.25) is 19.1 Å². The summed E-state index contributed by atoms with van der Waals surface area (Å²) in [6, 6.07) is 13.5. The van der Waals surface area contributed by atoms with Crippen LogP contribution in [0.5, 0.6) is 0 Å². The smallest absolute Gasteiger partial charge is 0.273 e. The van der Waals surface area contributed by atoms with E-state index in [0.717, 1.165) is 24.0 Å². The van der Waals surface area contributed by atoms with E-state index in [9.17, 15) is 14.0 Å². The van der Waals surface area contributed by atoms with Gasteiger partial charge in [0, 0.05) is 23.8 Å². The number of para-hydroxylation sites is 1. The molecule has 6 nitrogen and oxygen atoms in total. The maximum Gasteiger partial charge on any atom is 0.273 e. The number of benzene rings is 2. The Morgan fingerprint density at radius 1 is 1.13 bits per heavy atom. The molecule has 1 aromatic heterocycles. The fraction of sp³-hybridized carbons (Fsp3) is 0.261. The quantitative estimate of drug-likeness (QED) is 0.639. The number of rotatable bonds is 1. The molecule has 0 saturated carbocycles. The van der Waals surface area contributed by atoms with Gasteiger partial charge >= 0.3 is 0 Å². The molecule has 0 radical (unpaired) electrons. The number of nitrogens with one attached hydrogen (secondary N) is 1. The van der Waals surface area contributed by atoms with E-state index in [4.69, 9.17) is 9.73 Å². The Labute approximate surface area is 180 Å². The summed E-state index contributed by atoms with van der Waals surface area (Å²) in [4.78, 5) is 31.6. The molecule has 156 valence electrons. The highest BCUT2D eigenvalue weighted by Crippen LogP contribution is 2.41. The number of anilines is 1. The summed E-state index contributed by atoms with van der Waals surface area (Å²) in [5.41, 5.74) is 2.45. The number of nitrogens with zero attached hydrogens (tertiary/aromatic N) is 2. The van der Waals surface area contributed by atoms with Crippen LogP contribution in [0.1, 0.15) is 36.2 Å². The number of fused-ring (bicyclic) bond motifs is 4. The van der Waals surface area contributed by atoms with Crippen LogP contribution in [0.25, 0.3) is 5.57 Å². The van der Waals surface area contributed by atoms with Crippen LogP contribution in [-0.2, 0) is 9.53 Å². The fourth-order valence-corrected chi connectivity index (χ4v) is 5.88. The molecule has 3 aromatic rings. The summed E-state index contributed by atoms with van der Waals surface area (Å²) in [5.74, 6) is -0.608. The SMILES string of the molecule is O=C1Nc2ccccc2/C1=c1/sc2n(c1=O)C1OCCCC1C(c1ccc(F)cc1)N=2. The Bertz CT molecular complexity index is 1390. The highest BCUT2D eigenvalue weighted by molar-refractivity contribution is 7.07. The van der Waals surface area contributed by atoms with Crippen molar-refractivity contribution in [2.24, 2.45) is 10.9 Å². The molecule has 0 spiro atoms. The molecular formula is C23H18FN3O3S. The van der Waals surface area contributed by atoms with Crippen molar-refractivity contribution >= 4 is 28.5 Å². The average Bonchev–Trinajstić information content (AvgIpc) is 3.29. The van der Waals surface area contributed by atoms with Gasteiger partial charge in [-0.1, -0.05) is 41.7 Å². The first-order valence-electron chi connectivity index (χ1n) is 10.2. The standard InChI is InChI=1S/C23H18FN3O3S/c24-13-9-7-12(8-10-13)18-15-5-3-11-30-22(15)27-21(29)19(31-23(27)26-18)17-14-4-1-2-6-16(14)25-20(17)28/h1-2,4,6-10,15,18,22H,3,5,11H2,(H,25,28)/b19-17-. The van der Waals surface area contributed by atoms with Gasteiger partial charge in [0.1, 0.15) is 16.6 Å². The second-order valence-corrected chi connectivity index (χ2v) is 8.93. The third-order valence-corrected chi connectivity index (χ3v) is 7.24. The first kappa shape index (κ1) is 18.7. The lowest BCUT2D eigenvalue weighted by molar-refractivity contribution is -0.110. The van der Waals surface area contributed by atoms with Gasteiger partial charge in [-0.25, -0.2) is 4.39 Å². The van der Waals surface area contributed by atoms with Gasteiger partial charge in [-0.05, 0) is 36.6 Å². The summed E-state index contributed by atoms with van der Waals surface area (Å²) in [5, 5.41) is 2.83. The van der Waals surface area contributed by atoms with E-state index in [-0.39, 0.29) is 29.2 Å². The van der Waals surface area contributed by atoms with Gasteiger partial charge in [0.05, 0.1) is 11.6 Å². The largest absolute Gasteiger partial charge is 0.357 e. The summed E-state index contributed by atoms with van der Waals surface area (Å²) in [6.45, 7) is 0.564. The number of carbonyl (C=O) groups is 1. The Balaban J connectivity index is 1.61. The van der Waals surface area contributed by atoms with E-state index < -0.39 is 6.23 Å². The molecule has 1 N–H and O–H groups in total. The lowest BCUT2D eigenvalue weighted by atomic mass is 9.86. The predicted molar refractivity (Wildman–Crippen MR) is 114 cm³/mol. The normalized spacial score (nSPS) is 25.8. The zero-order valence-electron chi connectivity index (χ0n) is 16.4. The average molecular weight is 435 g/mol. The molecule has 4 heterocycles. The first-order chi connectivity index (χ1) is 15.1. The Morgan fingerprint density at radius 2 is 1.94 bits per heavy atom. The van der Waals surface area contributed by atoms with Crippen molar-refractivity contribution in [1.29, 1.82) is 0 Å². The minimum Gasteiger partial charge on any atom is -0.357 e. The molecule has 3 unspecified atom stereocenters. The Hall–Kier alpha value is -3.10. The minimum atomic E-state index is -0.450. The van der Waals surface area contributed by atoms with Gasteiger partial charge in [-0.2, -0.15) is 0 Å². The van der Waals surface area contributed by atoms with E-state index in [1.165, 1.54) is 23.5 Å². The summed E-state index contributed by atoms with van der Waals surface area (Å²) < 4.78 is 21.5. The molecule has 0 bridgehead atoms. The van der Waals surface area contributed by atoms with Gasteiger partial charge < -0.3 is 10.1 Å². The molecule has 2 aromatic carbocycles. The van der Waals surface area contributed by atoms with Crippen LogP contribution in [0.4, 0.5) is 10.1 Å². The van der Waals surface area contributed by atoms with Gasteiger partial charge in [0.2, 0.25) is 0 Å². The van der Waals surface area contributed by atoms with Crippen LogP contribution in [0, 0.1) is 11.7 Å². The molecule has 0 aliphatic carbocycles. The maximum absolute atomic E-state index is 13.5. The molecule has 3 aliphatic heterocycles. The van der Waals surface area contributed by atoms with E-state index in [2.05, 4.69) is 5.32 Å². The molecule has 31 heavy (non-hydrogen) atoms. The van der Waals surface area contributed by atoms with Gasteiger partial charge in [0.15, 0.2) is 4.80 Å². The number of ether oxygens (including phenoxy) is 1. The molecule has 1 amide bonds. The molecule has 1 saturated heterocycles. The minimum absolute atomic E-state index is 0.0263. The number of halogens is 1. The maximum atomic E-state index is 13.5. The van der Waals surface area contributed by atoms with Crippen molar-refractivity contribution in [2.75, 3.05) is 11.9 Å². The molecular weight excluding hydrogens is 417 g/mol. The number of hydrogen-bond acceptors (Lipinski definition) is 5. The van der Waals surface area contributed by atoms with Gasteiger partial charge in [0.25, 0.3) is 11.5 Å². The second kappa shape index (κ2) is 6.96. The molecule has 8 heteroatoms. The van der Waals surface area contributed by atoms with E-state index >= 15 is 0 Å². The summed E-state index contributed by atoms with van der Waals surface area (Å²) in [6.07, 6.45) is 1.28. The van der Waals surface area contributed by atoms with Crippen molar-refractivity contribution in [3.05, 3.63) is 85.2 Å². The topological polar surface area (TPSA) is 72.7 Å². The third-order valence-electron chi connectivity index (χ3n) is 6.17. The Kier molecular flexibility index (Phi) is 4.19. The third kappa shape index (κ3) is 2.82. The number of hydrogen-bond donors (Lipinski definition) is 1. The lowest BCUT2D eigenvalue weighted by Crippen LogP contribution is -2.45. The molecule has 3 aliphatic rings. The summed E-state index contributed by atoms with van der Waals surface area (Å²) in [7, 11) is 0. The number of aromatic nitrogens is 1.